The zero-order valence-corrected chi connectivity index (χ0v) is 46.2. The van der Waals surface area contributed by atoms with Crippen LogP contribution in [0.15, 0.2) is 53.0 Å². The number of amides is 3. The van der Waals surface area contributed by atoms with Crippen molar-refractivity contribution in [3.8, 4) is 5.75 Å². The zero-order chi connectivity index (χ0) is 53.5. The molecule has 1 fully saturated rings. The third-order valence-electron chi connectivity index (χ3n) is 13.2. The predicted octanol–water partition coefficient (Wildman–Crippen LogP) is 8.82. The summed E-state index contributed by atoms with van der Waals surface area (Å²) in [5, 5.41) is 29.5. The van der Waals surface area contributed by atoms with E-state index in [4.69, 9.17) is 19.2 Å². The predicted molar refractivity (Wildman–Crippen MR) is 285 cm³/mol. The summed E-state index contributed by atoms with van der Waals surface area (Å²) in [5.74, 6) is -2.28. The molecule has 0 radical (unpaired) electrons. The molecule has 0 bridgehead atoms. The molecule has 3 heterocycles. The molecule has 1 aliphatic heterocycles. The van der Waals surface area contributed by atoms with Gasteiger partial charge in [0.2, 0.25) is 17.7 Å². The summed E-state index contributed by atoms with van der Waals surface area (Å²) in [5.41, 5.74) is 1.01. The Bertz CT molecular complexity index is 2220. The monoisotopic (exact) mass is 1070 g/mol. The minimum Gasteiger partial charge on any atom is -0.508 e. The average Bonchev–Trinajstić information content (AvgIpc) is 3.87. The number of phenolic OH excluding ortho intramolecular Hbond substituents is 1. The van der Waals surface area contributed by atoms with Crippen LogP contribution < -0.4 is 10.6 Å². The van der Waals surface area contributed by atoms with Crippen LogP contribution in [-0.4, -0.2) is 130 Å². The second kappa shape index (κ2) is 31.9. The van der Waals surface area contributed by atoms with Crippen molar-refractivity contribution in [1.82, 2.24) is 30.4 Å². The molecule has 7 atom stereocenters. The van der Waals surface area contributed by atoms with E-state index in [2.05, 4.69) is 27.4 Å². The number of likely N-dealkylation sites (N-methyl/N-ethyl adjacent to an activating group) is 1. The third-order valence-corrected chi connectivity index (χ3v) is 16.4. The number of ketones is 1. The highest BCUT2D eigenvalue weighted by Crippen LogP contribution is 2.36. The fraction of sp³-hybridized carbons (Fsp3) is 0.635. The molecule has 2 aromatic heterocycles. The quantitative estimate of drug-likeness (QED) is 0.00983. The number of aromatic nitrogens is 2. The number of nitro groups is 1. The zero-order valence-electron chi connectivity index (χ0n) is 43.7. The number of nitrogens with zero attached hydrogens (tertiary/aromatic N) is 5. The van der Waals surface area contributed by atoms with Gasteiger partial charge < -0.3 is 34.9 Å². The Morgan fingerprint density at radius 2 is 1.79 bits per heavy atom. The van der Waals surface area contributed by atoms with E-state index in [0.717, 1.165) is 61.4 Å². The fourth-order valence-electron chi connectivity index (χ4n) is 8.73. The van der Waals surface area contributed by atoms with Crippen LogP contribution in [0.1, 0.15) is 133 Å². The number of Topliss-reactive ketones (excluding diaryl/α,β-unsaturated/α-hetero) is 1. The maximum atomic E-state index is 14.9. The van der Waals surface area contributed by atoms with E-state index < -0.39 is 29.0 Å². The number of carbonyl (C=O) groups excluding carboxylic acids is 5. The Morgan fingerprint density at radius 3 is 2.47 bits per heavy atom. The maximum absolute atomic E-state index is 14.9. The van der Waals surface area contributed by atoms with Gasteiger partial charge in [0, 0.05) is 61.9 Å². The number of likely N-dealkylation sites (tertiary alicyclic amines) is 1. The number of phenols is 1. The summed E-state index contributed by atoms with van der Waals surface area (Å²) in [6.45, 7) is 13.0. The van der Waals surface area contributed by atoms with Crippen LogP contribution >= 0.6 is 32.9 Å². The number of rotatable bonds is 33. The van der Waals surface area contributed by atoms with E-state index in [0.29, 0.717) is 43.1 Å². The van der Waals surface area contributed by atoms with Crippen LogP contribution in [0.25, 0.3) is 0 Å². The molecule has 3 aromatic rings. The largest absolute Gasteiger partial charge is 0.508 e. The van der Waals surface area contributed by atoms with Gasteiger partial charge in [0.25, 0.3) is 0 Å². The van der Waals surface area contributed by atoms with Crippen molar-refractivity contribution in [2.75, 3.05) is 52.9 Å². The molecule has 3 N–H and O–H groups in total. The summed E-state index contributed by atoms with van der Waals surface area (Å²) in [6, 6.07) is 8.09. The molecule has 404 valence electrons. The Balaban J connectivity index is 1.44. The van der Waals surface area contributed by atoms with Crippen molar-refractivity contribution in [2.24, 2.45) is 23.7 Å². The second-order valence-corrected chi connectivity index (χ2v) is 22.5. The average molecular weight is 1070 g/mol. The molecule has 1 aromatic carbocycles. The number of methoxy groups -OCH3 is 1. The van der Waals surface area contributed by atoms with Crippen LogP contribution in [0.3, 0.4) is 0 Å². The number of hydrogen-bond acceptors (Lipinski definition) is 17. The number of pyridine rings is 1. The van der Waals surface area contributed by atoms with Gasteiger partial charge in [-0.2, -0.15) is 0 Å². The van der Waals surface area contributed by atoms with Gasteiger partial charge in [0.15, 0.2) is 10.8 Å². The van der Waals surface area contributed by atoms with Gasteiger partial charge in [0.1, 0.15) is 48.5 Å². The second-order valence-electron chi connectivity index (χ2n) is 19.2. The van der Waals surface area contributed by atoms with Crippen molar-refractivity contribution in [3.05, 3.63) is 74.4 Å². The summed E-state index contributed by atoms with van der Waals surface area (Å²) >= 11 is 1.30. The number of hydrogen-bond donors (Lipinski definition) is 3. The SMILES string of the molecule is CCCCCOCN(C(=O)[C@@H](NC(=O)[C@H]1CCCCN1C)C(C)CC)[C@H](C[C@@H](OC)c1nc(C(=O)C[C@@H](Cc2ccc(O)cc2)C[C@H](C)C(=O)NCC(=O)OCCSSc2ncccc2[N+](=O)[O-])cs1)C(C)C. The molecule has 1 saturated heterocycles. The van der Waals surface area contributed by atoms with Crippen molar-refractivity contribution >= 4 is 68.1 Å². The van der Waals surface area contributed by atoms with E-state index in [1.807, 2.05) is 34.7 Å². The topological polar surface area (TPSA) is 233 Å². The molecule has 0 aliphatic carbocycles. The number of ether oxygens (including phenoxy) is 3. The van der Waals surface area contributed by atoms with E-state index in [1.165, 1.54) is 40.5 Å². The molecule has 21 heteroatoms. The van der Waals surface area contributed by atoms with Gasteiger partial charge in [0.05, 0.1) is 11.0 Å². The highest BCUT2D eigenvalue weighted by molar-refractivity contribution is 8.76. The van der Waals surface area contributed by atoms with Crippen LogP contribution in [0.4, 0.5) is 5.69 Å². The number of carbonyl (C=O) groups is 5. The molecule has 0 saturated carbocycles. The van der Waals surface area contributed by atoms with Gasteiger partial charge in [-0.05, 0) is 98.0 Å². The first-order valence-electron chi connectivity index (χ1n) is 25.5. The Kier molecular flexibility index (Phi) is 26.6. The molecule has 1 aliphatic rings. The first-order chi connectivity index (χ1) is 35.0. The van der Waals surface area contributed by atoms with Gasteiger partial charge in [-0.25, -0.2) is 9.97 Å². The number of benzene rings is 1. The number of esters is 1. The van der Waals surface area contributed by atoms with Crippen LogP contribution in [0.2, 0.25) is 0 Å². The van der Waals surface area contributed by atoms with Gasteiger partial charge >= 0.3 is 11.7 Å². The molecule has 1 unspecified atom stereocenters. The molecule has 18 nitrogen and oxygen atoms in total. The van der Waals surface area contributed by atoms with Crippen molar-refractivity contribution < 1.29 is 48.2 Å². The summed E-state index contributed by atoms with van der Waals surface area (Å²) in [4.78, 5) is 92.1. The minimum absolute atomic E-state index is 0.0196. The van der Waals surface area contributed by atoms with E-state index in [9.17, 15) is 39.2 Å². The first kappa shape index (κ1) is 60.9. The molecule has 0 spiro atoms. The number of thiazole rings is 1. The van der Waals surface area contributed by atoms with Crippen LogP contribution in [-0.2, 0) is 39.8 Å². The Morgan fingerprint density at radius 1 is 1.04 bits per heavy atom. The fourth-order valence-corrected chi connectivity index (χ4v) is 11.5. The Labute approximate surface area is 442 Å². The normalized spacial score (nSPS) is 16.4. The van der Waals surface area contributed by atoms with Crippen LogP contribution in [0.5, 0.6) is 5.75 Å². The van der Waals surface area contributed by atoms with Gasteiger partial charge in [-0.1, -0.05) is 90.2 Å². The standard InChI is InChI=1S/C52H77N7O11S3/c1-9-11-14-24-69-33-58(52(65)47(35(5)10-2)56-49(64)41-16-12-13-23-57(41)7)43(34(3)4)30-45(68-8)51-55-40(32-71-51)44(61)29-38(28-37-18-20-39(60)21-19-37)27-36(6)48(63)54-31-46(62)70-25-26-72-73-50-42(59(66)67)17-15-22-53-50/h15,17-22,32,34-36,38,41,43,45,47,60H,9-14,16,23-31,33H2,1-8H3,(H,54,63)(H,56,64)/t35?,36-,38+,41+,43+,45+,47-/m0/s1. The van der Waals surface area contributed by atoms with Crippen LogP contribution in [0, 0.1) is 33.8 Å². The van der Waals surface area contributed by atoms with Crippen molar-refractivity contribution in [2.45, 2.75) is 141 Å². The highest BCUT2D eigenvalue weighted by Gasteiger charge is 2.39. The highest BCUT2D eigenvalue weighted by atomic mass is 33.1. The first-order valence-corrected chi connectivity index (χ1v) is 28.7. The third kappa shape index (κ3) is 19.8. The summed E-state index contributed by atoms with van der Waals surface area (Å²) < 4.78 is 17.6. The number of aromatic hydroxyl groups is 1. The van der Waals surface area contributed by atoms with E-state index in [-0.39, 0.29) is 102 Å². The lowest BCUT2D eigenvalue weighted by molar-refractivity contribution is -0.388. The molecule has 3 amide bonds. The summed E-state index contributed by atoms with van der Waals surface area (Å²) in [6.07, 6.45) is 8.30. The Hall–Kier alpha value is -4.67. The molecule has 4 rings (SSSR count). The maximum Gasteiger partial charge on any atom is 0.325 e. The lowest BCUT2D eigenvalue weighted by Crippen LogP contribution is -2.59. The van der Waals surface area contributed by atoms with Gasteiger partial charge in [-0.3, -0.25) is 39.0 Å². The van der Waals surface area contributed by atoms with E-state index in [1.54, 1.807) is 48.6 Å². The van der Waals surface area contributed by atoms with Gasteiger partial charge in [-0.15, -0.1) is 11.3 Å². The minimum atomic E-state index is -0.765. The smallest absolute Gasteiger partial charge is 0.325 e. The lowest BCUT2D eigenvalue weighted by Gasteiger charge is -2.40. The van der Waals surface area contributed by atoms with Crippen molar-refractivity contribution in [1.29, 1.82) is 0 Å². The van der Waals surface area contributed by atoms with Crippen molar-refractivity contribution in [3.63, 3.8) is 0 Å². The lowest BCUT2D eigenvalue weighted by atomic mass is 9.85. The number of piperidine rings is 1. The number of unbranched alkanes of at least 4 members (excludes halogenated alkanes) is 2. The molecule has 73 heavy (non-hydrogen) atoms. The number of nitrogens with one attached hydrogen (secondary N) is 2. The van der Waals surface area contributed by atoms with E-state index >= 15 is 0 Å². The molecular weight excluding hydrogens is 995 g/mol. The summed E-state index contributed by atoms with van der Waals surface area (Å²) in [7, 11) is 5.89. The molecular formula is C52H77N7O11S3.